The summed E-state index contributed by atoms with van der Waals surface area (Å²) in [5, 5.41) is 7.16. The lowest BCUT2D eigenvalue weighted by molar-refractivity contribution is -0.115. The maximum absolute atomic E-state index is 11.6. The van der Waals surface area contributed by atoms with Gasteiger partial charge in [0.25, 0.3) is 0 Å². The summed E-state index contributed by atoms with van der Waals surface area (Å²) in [5.74, 6) is -0.518. The maximum Gasteiger partial charge on any atom is 0.248 e. The molecule has 1 aliphatic rings. The summed E-state index contributed by atoms with van der Waals surface area (Å²) in [6.45, 7) is 1.75. The smallest absolute Gasteiger partial charge is 0.248 e. The van der Waals surface area contributed by atoms with Gasteiger partial charge in [-0.2, -0.15) is 0 Å². The minimum Gasteiger partial charge on any atom is -0.366 e. The minimum absolute atomic E-state index is 0.409. The molecule has 1 aromatic rings. The van der Waals surface area contributed by atoms with Crippen LogP contribution in [0.3, 0.4) is 0 Å². The summed E-state index contributed by atoms with van der Waals surface area (Å²) in [4.78, 5) is 11.6. The standard InChI is InChI=1S/C12H11Cl2N3OS/c1-5-9(11(15)18)10(17-12(19)16-5)6-2-3-7(13)8(14)4-6/h2-4,10H,1H3,(H2,15,18)(H2,16,17,19)/t10-/m1/s1. The van der Waals surface area contributed by atoms with Crippen LogP contribution < -0.4 is 16.4 Å². The maximum atomic E-state index is 11.6. The summed E-state index contributed by atoms with van der Waals surface area (Å²) in [6, 6.07) is 4.70. The van der Waals surface area contributed by atoms with E-state index in [0.29, 0.717) is 26.4 Å². The second-order valence-electron chi connectivity index (χ2n) is 4.11. The Labute approximate surface area is 125 Å². The molecule has 0 bridgehead atoms. The molecule has 4 N–H and O–H groups in total. The van der Waals surface area contributed by atoms with Crippen molar-refractivity contribution in [2.75, 3.05) is 0 Å². The number of hydrogen-bond donors (Lipinski definition) is 3. The normalized spacial score (nSPS) is 18.9. The molecule has 0 fully saturated rings. The van der Waals surface area contributed by atoms with Gasteiger partial charge in [0, 0.05) is 5.70 Å². The molecule has 0 radical (unpaired) electrons. The van der Waals surface area contributed by atoms with Gasteiger partial charge in [0.1, 0.15) is 0 Å². The van der Waals surface area contributed by atoms with E-state index in [0.717, 1.165) is 5.56 Å². The fraction of sp³-hybridized carbons (Fsp3) is 0.167. The van der Waals surface area contributed by atoms with Crippen LogP contribution >= 0.6 is 35.4 Å². The predicted molar refractivity (Wildman–Crippen MR) is 80.0 cm³/mol. The highest BCUT2D eigenvalue weighted by molar-refractivity contribution is 7.80. The van der Waals surface area contributed by atoms with Crippen LogP contribution in [0.4, 0.5) is 0 Å². The van der Waals surface area contributed by atoms with Gasteiger partial charge in [-0.3, -0.25) is 4.79 Å². The molecule has 0 aliphatic carbocycles. The fourth-order valence-corrected chi connectivity index (χ4v) is 2.54. The average Bonchev–Trinajstić information content (AvgIpc) is 2.31. The zero-order chi connectivity index (χ0) is 14.2. The molecule has 1 atom stereocenters. The second-order valence-corrected chi connectivity index (χ2v) is 5.33. The quantitative estimate of drug-likeness (QED) is 0.732. The van der Waals surface area contributed by atoms with E-state index in [4.69, 9.17) is 41.2 Å². The molecule has 7 heteroatoms. The molecule has 1 aliphatic heterocycles. The highest BCUT2D eigenvalue weighted by Crippen LogP contribution is 2.30. The molecule has 1 aromatic carbocycles. The van der Waals surface area contributed by atoms with Gasteiger partial charge in [-0.25, -0.2) is 0 Å². The fourth-order valence-electron chi connectivity index (χ4n) is 1.96. The van der Waals surface area contributed by atoms with Gasteiger partial charge in [0.15, 0.2) is 5.11 Å². The van der Waals surface area contributed by atoms with Gasteiger partial charge < -0.3 is 16.4 Å². The third-order valence-electron chi connectivity index (χ3n) is 2.81. The van der Waals surface area contributed by atoms with Crippen molar-refractivity contribution in [2.45, 2.75) is 13.0 Å². The van der Waals surface area contributed by atoms with Crippen LogP contribution in [0.15, 0.2) is 29.5 Å². The van der Waals surface area contributed by atoms with Gasteiger partial charge in [-0.1, -0.05) is 29.3 Å². The minimum atomic E-state index is -0.518. The molecular formula is C12H11Cl2N3OS. The Morgan fingerprint density at radius 1 is 1.37 bits per heavy atom. The number of amides is 1. The third-order valence-corrected chi connectivity index (χ3v) is 3.77. The average molecular weight is 316 g/mol. The number of benzene rings is 1. The second kappa shape index (κ2) is 5.36. The van der Waals surface area contributed by atoms with Crippen molar-refractivity contribution in [2.24, 2.45) is 5.73 Å². The van der Waals surface area contributed by atoms with E-state index in [1.165, 1.54) is 0 Å². The van der Waals surface area contributed by atoms with E-state index in [-0.39, 0.29) is 0 Å². The lowest BCUT2D eigenvalue weighted by Gasteiger charge is -2.29. The Morgan fingerprint density at radius 3 is 2.63 bits per heavy atom. The Kier molecular flexibility index (Phi) is 3.99. The highest BCUT2D eigenvalue weighted by Gasteiger charge is 2.28. The van der Waals surface area contributed by atoms with Crippen LogP contribution in [-0.2, 0) is 4.79 Å². The first kappa shape index (κ1) is 14.1. The largest absolute Gasteiger partial charge is 0.366 e. The SMILES string of the molecule is CC1=C(C(N)=O)[C@@H](c2ccc(Cl)c(Cl)c2)NC(=S)N1. The van der Waals surface area contributed by atoms with E-state index in [9.17, 15) is 4.79 Å². The summed E-state index contributed by atoms with van der Waals surface area (Å²) in [6.07, 6.45) is 0. The van der Waals surface area contributed by atoms with Crippen LogP contribution in [-0.4, -0.2) is 11.0 Å². The van der Waals surface area contributed by atoms with Crippen molar-refractivity contribution < 1.29 is 4.79 Å². The van der Waals surface area contributed by atoms with Crippen LogP contribution in [0.1, 0.15) is 18.5 Å². The predicted octanol–water partition coefficient (Wildman–Crippen LogP) is 2.27. The molecule has 4 nitrogen and oxygen atoms in total. The Balaban J connectivity index is 2.51. The van der Waals surface area contributed by atoms with Crippen molar-refractivity contribution in [3.8, 4) is 0 Å². The van der Waals surface area contributed by atoms with Crippen molar-refractivity contribution in [3.63, 3.8) is 0 Å². The summed E-state index contributed by atoms with van der Waals surface area (Å²) < 4.78 is 0. The summed E-state index contributed by atoms with van der Waals surface area (Å²) >= 11 is 17.0. The number of carbonyl (C=O) groups excluding carboxylic acids is 1. The number of allylic oxidation sites excluding steroid dienone is 1. The molecule has 2 rings (SSSR count). The molecule has 0 unspecified atom stereocenters. The number of carbonyl (C=O) groups is 1. The number of hydrogen-bond acceptors (Lipinski definition) is 2. The molecule has 0 saturated heterocycles. The Morgan fingerprint density at radius 2 is 2.05 bits per heavy atom. The number of thiocarbonyl (C=S) groups is 1. The van der Waals surface area contributed by atoms with Crippen molar-refractivity contribution in [1.29, 1.82) is 0 Å². The Hall–Kier alpha value is -1.30. The van der Waals surface area contributed by atoms with E-state index in [1.807, 2.05) is 0 Å². The van der Waals surface area contributed by atoms with Crippen LogP contribution in [0.5, 0.6) is 0 Å². The first-order chi connectivity index (χ1) is 8.90. The molecule has 0 aromatic heterocycles. The first-order valence-electron chi connectivity index (χ1n) is 5.43. The zero-order valence-electron chi connectivity index (χ0n) is 9.96. The molecule has 1 heterocycles. The summed E-state index contributed by atoms with van der Waals surface area (Å²) in [7, 11) is 0. The lowest BCUT2D eigenvalue weighted by atomic mass is 9.95. The molecule has 100 valence electrons. The van der Waals surface area contributed by atoms with Crippen LogP contribution in [0.25, 0.3) is 0 Å². The van der Waals surface area contributed by atoms with Crippen molar-refractivity contribution in [1.82, 2.24) is 10.6 Å². The number of nitrogens with one attached hydrogen (secondary N) is 2. The van der Waals surface area contributed by atoms with Gasteiger partial charge >= 0.3 is 0 Å². The highest BCUT2D eigenvalue weighted by atomic mass is 35.5. The summed E-state index contributed by atoms with van der Waals surface area (Å²) in [5.41, 5.74) is 7.24. The van der Waals surface area contributed by atoms with E-state index in [2.05, 4.69) is 10.6 Å². The van der Waals surface area contributed by atoms with Crippen LogP contribution in [0.2, 0.25) is 10.0 Å². The Bertz CT molecular complexity index is 601. The number of rotatable bonds is 2. The number of primary amides is 1. The number of halogens is 2. The van der Waals surface area contributed by atoms with E-state index >= 15 is 0 Å². The van der Waals surface area contributed by atoms with Crippen LogP contribution in [0, 0.1) is 0 Å². The molecule has 0 saturated carbocycles. The molecule has 19 heavy (non-hydrogen) atoms. The topological polar surface area (TPSA) is 67.2 Å². The van der Waals surface area contributed by atoms with Gasteiger partial charge in [0.05, 0.1) is 21.7 Å². The molecular weight excluding hydrogens is 305 g/mol. The van der Waals surface area contributed by atoms with Gasteiger partial charge in [-0.05, 0) is 36.8 Å². The zero-order valence-corrected chi connectivity index (χ0v) is 12.3. The van der Waals surface area contributed by atoms with E-state index < -0.39 is 11.9 Å². The number of nitrogens with two attached hydrogens (primary N) is 1. The molecule has 0 spiro atoms. The van der Waals surface area contributed by atoms with Crippen molar-refractivity contribution in [3.05, 3.63) is 45.1 Å². The monoisotopic (exact) mass is 315 g/mol. The molecule has 1 amide bonds. The lowest BCUT2D eigenvalue weighted by Crippen LogP contribution is -2.46. The van der Waals surface area contributed by atoms with E-state index in [1.54, 1.807) is 25.1 Å². The van der Waals surface area contributed by atoms with Crippen molar-refractivity contribution >= 4 is 46.4 Å². The van der Waals surface area contributed by atoms with Gasteiger partial charge in [0.2, 0.25) is 5.91 Å². The first-order valence-corrected chi connectivity index (χ1v) is 6.59. The van der Waals surface area contributed by atoms with Gasteiger partial charge in [-0.15, -0.1) is 0 Å². The third kappa shape index (κ3) is 2.83.